The first-order valence-corrected chi connectivity index (χ1v) is 8.18. The zero-order chi connectivity index (χ0) is 14.4. The van der Waals surface area contributed by atoms with Gasteiger partial charge < -0.3 is 10.1 Å². The lowest BCUT2D eigenvalue weighted by Gasteiger charge is -2.09. The summed E-state index contributed by atoms with van der Waals surface area (Å²) in [6, 6.07) is 3.63. The largest absolute Gasteiger partial charge is 0.437 e. The van der Waals surface area contributed by atoms with Crippen LogP contribution in [0.4, 0.5) is 5.82 Å². The molecule has 2 heterocycles. The van der Waals surface area contributed by atoms with Gasteiger partial charge >= 0.3 is 0 Å². The zero-order valence-corrected chi connectivity index (χ0v) is 13.7. The van der Waals surface area contributed by atoms with Gasteiger partial charge in [0.25, 0.3) is 0 Å². The van der Waals surface area contributed by atoms with Crippen molar-refractivity contribution in [2.75, 3.05) is 18.1 Å². The molecule has 0 aliphatic rings. The Labute approximate surface area is 130 Å². The number of nitrogens with one attached hydrogen (secondary N) is 1. The molecule has 2 rings (SSSR count). The summed E-state index contributed by atoms with van der Waals surface area (Å²) < 4.78 is 6.59. The summed E-state index contributed by atoms with van der Waals surface area (Å²) in [6.45, 7) is 2.97. The normalized spacial score (nSPS) is 10.3. The number of ether oxygens (including phenoxy) is 1. The van der Waals surface area contributed by atoms with Gasteiger partial charge in [-0.2, -0.15) is 4.98 Å². The molecule has 0 amide bonds. The molecule has 0 aromatic carbocycles. The average Bonchev–Trinajstić information content (AvgIpc) is 2.45. The van der Waals surface area contributed by atoms with Crippen LogP contribution in [0.25, 0.3) is 0 Å². The number of halogens is 1. The summed E-state index contributed by atoms with van der Waals surface area (Å²) in [6.07, 6.45) is 6.31. The number of rotatable bonds is 6. The van der Waals surface area contributed by atoms with Gasteiger partial charge in [0.2, 0.25) is 5.88 Å². The predicted molar refractivity (Wildman–Crippen MR) is 84.6 cm³/mol. The number of pyridine rings is 1. The van der Waals surface area contributed by atoms with Crippen LogP contribution in [0.2, 0.25) is 0 Å². The Hall–Kier alpha value is -1.34. The number of hydrogen-bond acceptors (Lipinski definition) is 6. The minimum Gasteiger partial charge on any atom is -0.437 e. The van der Waals surface area contributed by atoms with Crippen LogP contribution in [-0.4, -0.2) is 27.8 Å². The van der Waals surface area contributed by atoms with Crippen molar-refractivity contribution in [1.29, 1.82) is 0 Å². The molecule has 1 N–H and O–H groups in total. The van der Waals surface area contributed by atoms with Crippen LogP contribution in [0.1, 0.15) is 13.3 Å². The monoisotopic (exact) mass is 354 g/mol. The van der Waals surface area contributed by atoms with Crippen LogP contribution in [0.15, 0.2) is 34.2 Å². The first kappa shape index (κ1) is 15.1. The molecule has 106 valence electrons. The number of hydrogen-bond donors (Lipinski definition) is 1. The van der Waals surface area contributed by atoms with Gasteiger partial charge in [0.15, 0.2) is 5.16 Å². The van der Waals surface area contributed by atoms with Gasteiger partial charge in [0, 0.05) is 23.3 Å². The van der Waals surface area contributed by atoms with Crippen molar-refractivity contribution in [1.82, 2.24) is 15.0 Å². The van der Waals surface area contributed by atoms with Gasteiger partial charge in [0.1, 0.15) is 11.6 Å². The summed E-state index contributed by atoms with van der Waals surface area (Å²) in [7, 11) is 0. The summed E-state index contributed by atoms with van der Waals surface area (Å²) in [4.78, 5) is 12.8. The predicted octanol–water partition coefficient (Wildman–Crippen LogP) is 3.97. The summed E-state index contributed by atoms with van der Waals surface area (Å²) >= 11 is 4.84. The second kappa shape index (κ2) is 7.44. The molecule has 0 bridgehead atoms. The van der Waals surface area contributed by atoms with E-state index in [0.717, 1.165) is 23.3 Å². The SMILES string of the molecule is CCCNc1cc(Oc2cncc(Br)c2)nc(SC)n1. The molecule has 7 heteroatoms. The molecule has 5 nitrogen and oxygen atoms in total. The van der Waals surface area contributed by atoms with E-state index in [9.17, 15) is 0 Å². The van der Waals surface area contributed by atoms with Crippen molar-refractivity contribution in [2.24, 2.45) is 0 Å². The summed E-state index contributed by atoms with van der Waals surface area (Å²) in [5.41, 5.74) is 0. The van der Waals surface area contributed by atoms with Crippen molar-refractivity contribution in [3.63, 3.8) is 0 Å². The Morgan fingerprint density at radius 2 is 2.15 bits per heavy atom. The molecular formula is C13H15BrN4OS. The van der Waals surface area contributed by atoms with Crippen LogP contribution in [0.5, 0.6) is 11.6 Å². The van der Waals surface area contributed by atoms with E-state index < -0.39 is 0 Å². The minimum atomic E-state index is 0.503. The van der Waals surface area contributed by atoms with E-state index in [1.807, 2.05) is 12.3 Å². The number of thioether (sulfide) groups is 1. The molecule has 0 saturated carbocycles. The molecule has 2 aromatic rings. The highest BCUT2D eigenvalue weighted by atomic mass is 79.9. The van der Waals surface area contributed by atoms with E-state index in [1.54, 1.807) is 18.5 Å². The Balaban J connectivity index is 2.21. The topological polar surface area (TPSA) is 59.9 Å². The lowest BCUT2D eigenvalue weighted by atomic mass is 10.4. The molecule has 0 unspecified atom stereocenters. The fraction of sp³-hybridized carbons (Fsp3) is 0.308. The smallest absolute Gasteiger partial charge is 0.225 e. The molecule has 0 radical (unpaired) electrons. The lowest BCUT2D eigenvalue weighted by molar-refractivity contribution is 0.453. The molecule has 2 aromatic heterocycles. The van der Waals surface area contributed by atoms with Crippen molar-refractivity contribution in [2.45, 2.75) is 18.5 Å². The van der Waals surface area contributed by atoms with Crippen molar-refractivity contribution in [3.8, 4) is 11.6 Å². The maximum absolute atomic E-state index is 5.73. The highest BCUT2D eigenvalue weighted by molar-refractivity contribution is 9.10. The van der Waals surface area contributed by atoms with Crippen molar-refractivity contribution >= 4 is 33.5 Å². The molecule has 0 atom stereocenters. The Morgan fingerprint density at radius 1 is 1.30 bits per heavy atom. The number of nitrogens with zero attached hydrogens (tertiary/aromatic N) is 3. The number of aromatic nitrogens is 3. The average molecular weight is 355 g/mol. The quantitative estimate of drug-likeness (QED) is 0.625. The summed E-state index contributed by atoms with van der Waals surface area (Å²) in [5, 5.41) is 3.91. The van der Waals surface area contributed by atoms with Crippen LogP contribution in [0.3, 0.4) is 0 Å². The van der Waals surface area contributed by atoms with Gasteiger partial charge in [-0.3, -0.25) is 4.98 Å². The van der Waals surface area contributed by atoms with Crippen LogP contribution in [0, 0.1) is 0 Å². The third-order valence-corrected chi connectivity index (χ3v) is 3.30. The minimum absolute atomic E-state index is 0.503. The molecule has 0 saturated heterocycles. The Morgan fingerprint density at radius 3 is 2.85 bits per heavy atom. The highest BCUT2D eigenvalue weighted by Gasteiger charge is 2.06. The van der Waals surface area contributed by atoms with Gasteiger partial charge in [-0.05, 0) is 34.7 Å². The first-order chi connectivity index (χ1) is 9.71. The van der Waals surface area contributed by atoms with E-state index in [2.05, 4.69) is 43.1 Å². The van der Waals surface area contributed by atoms with E-state index in [0.29, 0.717) is 16.8 Å². The van der Waals surface area contributed by atoms with Gasteiger partial charge in [-0.1, -0.05) is 18.7 Å². The van der Waals surface area contributed by atoms with Crippen molar-refractivity contribution < 1.29 is 4.74 Å². The Bertz CT molecular complexity index is 582. The van der Waals surface area contributed by atoms with Gasteiger partial charge in [-0.25, -0.2) is 4.98 Å². The second-order valence-corrected chi connectivity index (χ2v) is 5.63. The lowest BCUT2D eigenvalue weighted by Crippen LogP contribution is -2.04. The maximum atomic E-state index is 5.73. The highest BCUT2D eigenvalue weighted by Crippen LogP contribution is 2.25. The number of anilines is 1. The standard InChI is InChI=1S/C13H15BrN4OS/c1-3-4-16-11-6-12(18-13(17-11)20-2)19-10-5-9(14)7-15-8-10/h5-8H,3-4H2,1-2H3,(H,16,17,18). The third-order valence-electron chi connectivity index (χ3n) is 2.32. The molecular weight excluding hydrogens is 340 g/mol. The molecule has 20 heavy (non-hydrogen) atoms. The van der Waals surface area contributed by atoms with E-state index >= 15 is 0 Å². The molecule has 0 fully saturated rings. The first-order valence-electron chi connectivity index (χ1n) is 6.16. The van der Waals surface area contributed by atoms with E-state index in [4.69, 9.17) is 4.74 Å². The Kier molecular flexibility index (Phi) is 5.60. The van der Waals surface area contributed by atoms with Gasteiger partial charge in [-0.15, -0.1) is 0 Å². The molecule has 0 aliphatic heterocycles. The molecule has 0 aliphatic carbocycles. The van der Waals surface area contributed by atoms with Crippen LogP contribution >= 0.6 is 27.7 Å². The zero-order valence-electron chi connectivity index (χ0n) is 11.3. The van der Waals surface area contributed by atoms with Crippen LogP contribution in [-0.2, 0) is 0 Å². The third kappa shape index (κ3) is 4.35. The maximum Gasteiger partial charge on any atom is 0.225 e. The van der Waals surface area contributed by atoms with Crippen molar-refractivity contribution in [3.05, 3.63) is 29.0 Å². The second-order valence-electron chi connectivity index (χ2n) is 3.95. The molecule has 0 spiro atoms. The van der Waals surface area contributed by atoms with E-state index in [1.165, 1.54) is 11.8 Å². The fourth-order valence-electron chi connectivity index (χ4n) is 1.46. The summed E-state index contributed by atoms with van der Waals surface area (Å²) in [5.74, 6) is 1.90. The fourth-order valence-corrected chi connectivity index (χ4v) is 2.17. The van der Waals surface area contributed by atoms with E-state index in [-0.39, 0.29) is 0 Å². The van der Waals surface area contributed by atoms with Gasteiger partial charge in [0.05, 0.1) is 6.20 Å². The van der Waals surface area contributed by atoms with Crippen LogP contribution < -0.4 is 10.1 Å².